The molecule has 0 radical (unpaired) electrons. The lowest BCUT2D eigenvalue weighted by Crippen LogP contribution is -2.11. The Bertz CT molecular complexity index is 617. The summed E-state index contributed by atoms with van der Waals surface area (Å²) in [5.41, 5.74) is 5.59. The molecule has 1 amide bonds. The van der Waals surface area contributed by atoms with Crippen molar-refractivity contribution in [3.63, 3.8) is 0 Å². The molecule has 18 heavy (non-hydrogen) atoms. The van der Waals surface area contributed by atoms with E-state index >= 15 is 0 Å². The molecule has 92 valence electrons. The second kappa shape index (κ2) is 4.70. The van der Waals surface area contributed by atoms with E-state index in [9.17, 15) is 4.79 Å². The van der Waals surface area contributed by atoms with Gasteiger partial charge >= 0.3 is 0 Å². The predicted octanol–water partition coefficient (Wildman–Crippen LogP) is 3.22. The van der Waals surface area contributed by atoms with Gasteiger partial charge in [-0.15, -0.1) is 11.3 Å². The lowest BCUT2D eigenvalue weighted by atomic mass is 10.0. The number of amides is 1. The summed E-state index contributed by atoms with van der Waals surface area (Å²) in [5.74, 6) is -0.0732. The van der Waals surface area contributed by atoms with Crippen molar-refractivity contribution in [2.45, 2.75) is 14.4 Å². The van der Waals surface area contributed by atoms with Gasteiger partial charge in [0.1, 0.15) is 0 Å². The zero-order valence-electron chi connectivity index (χ0n) is 9.10. The van der Waals surface area contributed by atoms with Gasteiger partial charge in [-0.3, -0.25) is 9.78 Å². The van der Waals surface area contributed by atoms with E-state index < -0.39 is 0 Å². The Hall–Kier alpha value is -2.01. The minimum Gasteiger partial charge on any atom is -0.326 e. The molecule has 0 unspecified atom stereocenters. The lowest BCUT2D eigenvalue weighted by Gasteiger charge is -2.18. The summed E-state index contributed by atoms with van der Waals surface area (Å²) in [4.78, 5) is 20.5. The summed E-state index contributed by atoms with van der Waals surface area (Å²) in [6.07, 6.45) is 1.81. The minimum absolute atomic E-state index is 0. The average molecular weight is 259 g/mol. The first-order chi connectivity index (χ1) is 8.24. The van der Waals surface area contributed by atoms with Gasteiger partial charge in [-0.1, -0.05) is 7.43 Å². The Morgan fingerprint density at radius 2 is 2.22 bits per heavy atom. The largest absolute Gasteiger partial charge is 0.326 e. The fourth-order valence-electron chi connectivity index (χ4n) is 1.75. The van der Waals surface area contributed by atoms with E-state index in [0.717, 1.165) is 27.5 Å². The van der Waals surface area contributed by atoms with Crippen molar-refractivity contribution in [2.75, 3.05) is 5.32 Å². The molecule has 0 spiro atoms. The molecule has 2 aromatic rings. The molecule has 0 saturated heterocycles. The third-order valence-electron chi connectivity index (χ3n) is 2.47. The van der Waals surface area contributed by atoms with Gasteiger partial charge in [-0.25, -0.2) is 4.99 Å². The van der Waals surface area contributed by atoms with E-state index in [-0.39, 0.29) is 13.3 Å². The van der Waals surface area contributed by atoms with Gasteiger partial charge in [0.05, 0.1) is 21.8 Å². The van der Waals surface area contributed by atoms with Crippen LogP contribution in [0.5, 0.6) is 0 Å². The topological polar surface area (TPSA) is 54.4 Å². The van der Waals surface area contributed by atoms with Crippen molar-refractivity contribution in [3.8, 4) is 0 Å². The van der Waals surface area contributed by atoms with E-state index in [4.69, 9.17) is 0 Å². The monoisotopic (exact) mass is 259 g/mol. The summed E-state index contributed by atoms with van der Waals surface area (Å²) >= 11 is 1.57. The van der Waals surface area contributed by atoms with Crippen LogP contribution in [0.3, 0.4) is 0 Å². The summed E-state index contributed by atoms with van der Waals surface area (Å²) in [7, 11) is 0. The van der Waals surface area contributed by atoms with E-state index in [0.29, 0.717) is 0 Å². The first-order valence-electron chi connectivity index (χ1n) is 5.13. The molecule has 3 rings (SSSR count). The maximum absolute atomic E-state index is 10.9. The summed E-state index contributed by atoms with van der Waals surface area (Å²) in [6, 6.07) is 5.74. The van der Waals surface area contributed by atoms with Crippen molar-refractivity contribution in [1.82, 2.24) is 4.98 Å². The molecule has 1 aromatic carbocycles. The summed E-state index contributed by atoms with van der Waals surface area (Å²) in [5, 5.41) is 2.74. The van der Waals surface area contributed by atoms with Crippen LogP contribution in [0.15, 0.2) is 34.9 Å². The predicted molar refractivity (Wildman–Crippen MR) is 74.9 cm³/mol. The molecule has 1 N–H and O–H groups in total. The van der Waals surface area contributed by atoms with Crippen molar-refractivity contribution in [2.24, 2.45) is 4.99 Å². The van der Waals surface area contributed by atoms with Crippen LogP contribution in [0.25, 0.3) is 0 Å². The standard InChI is InChI=1S/C12H9N3OS.CH4/c1-7(16)14-8-2-3-9-10(4-8)15-12(9)11-5-13-6-17-11;/h2-6H,1H3,(H,14,16);1H4. The molecule has 0 bridgehead atoms. The molecule has 0 saturated carbocycles. The average Bonchev–Trinajstić information content (AvgIpc) is 2.74. The fourth-order valence-corrected chi connectivity index (χ4v) is 2.38. The Labute approximate surface area is 109 Å². The fraction of sp³-hybridized carbons (Fsp3) is 0.154. The highest BCUT2D eigenvalue weighted by Gasteiger charge is 2.21. The van der Waals surface area contributed by atoms with Crippen molar-refractivity contribution < 1.29 is 4.79 Å². The molecule has 0 aliphatic carbocycles. The van der Waals surface area contributed by atoms with Crippen molar-refractivity contribution in [3.05, 3.63) is 40.3 Å². The molecular weight excluding hydrogens is 246 g/mol. The number of aliphatic imine (C=N–C) groups is 1. The Kier molecular flexibility index (Phi) is 3.25. The zero-order chi connectivity index (χ0) is 11.8. The molecule has 5 heteroatoms. The van der Waals surface area contributed by atoms with Crippen LogP contribution >= 0.6 is 11.3 Å². The molecule has 2 heterocycles. The van der Waals surface area contributed by atoms with E-state index in [1.165, 1.54) is 6.92 Å². The second-order valence-electron chi connectivity index (χ2n) is 3.74. The van der Waals surface area contributed by atoms with Crippen molar-refractivity contribution in [1.29, 1.82) is 0 Å². The SMILES string of the molecule is C.CC(=O)Nc1ccc2c(c1)N=C2c1cncs1. The highest BCUT2D eigenvalue weighted by atomic mass is 32.1. The number of carbonyl (C=O) groups excluding carboxylic acids is 1. The number of fused-ring (bicyclic) bond motifs is 1. The first kappa shape index (κ1) is 12.4. The molecule has 0 fully saturated rings. The third kappa shape index (κ3) is 2.04. The Morgan fingerprint density at radius 3 is 2.83 bits per heavy atom. The van der Waals surface area contributed by atoms with Crippen LogP contribution in [0.2, 0.25) is 0 Å². The van der Waals surface area contributed by atoms with Crippen LogP contribution in [-0.2, 0) is 4.79 Å². The van der Waals surface area contributed by atoms with Gasteiger partial charge in [-0.2, -0.15) is 0 Å². The van der Waals surface area contributed by atoms with Crippen LogP contribution in [-0.4, -0.2) is 16.6 Å². The van der Waals surface area contributed by atoms with Crippen LogP contribution in [0.4, 0.5) is 11.4 Å². The van der Waals surface area contributed by atoms with Gasteiger partial charge < -0.3 is 5.32 Å². The van der Waals surface area contributed by atoms with Crippen molar-refractivity contribution >= 4 is 34.3 Å². The number of nitrogens with one attached hydrogen (secondary N) is 1. The third-order valence-corrected chi connectivity index (χ3v) is 3.25. The number of aromatic nitrogens is 1. The van der Waals surface area contributed by atoms with E-state index in [2.05, 4.69) is 15.3 Å². The van der Waals surface area contributed by atoms with Crippen LogP contribution in [0.1, 0.15) is 24.8 Å². The van der Waals surface area contributed by atoms with Gasteiger partial charge in [-0.05, 0) is 18.2 Å². The van der Waals surface area contributed by atoms with Gasteiger partial charge in [0, 0.05) is 24.4 Å². The molecule has 4 nitrogen and oxygen atoms in total. The normalized spacial score (nSPS) is 11.7. The number of anilines is 1. The molecular formula is C13H13N3OS. The number of benzene rings is 1. The molecule has 1 aliphatic rings. The molecule has 1 aliphatic heterocycles. The van der Waals surface area contributed by atoms with Gasteiger partial charge in [0.15, 0.2) is 0 Å². The number of carbonyl (C=O) groups is 1. The maximum atomic E-state index is 10.9. The smallest absolute Gasteiger partial charge is 0.221 e. The Balaban J connectivity index is 0.00000120. The first-order valence-corrected chi connectivity index (χ1v) is 6.01. The maximum Gasteiger partial charge on any atom is 0.221 e. The zero-order valence-corrected chi connectivity index (χ0v) is 9.91. The Morgan fingerprint density at radius 1 is 1.39 bits per heavy atom. The highest BCUT2D eigenvalue weighted by Crippen LogP contribution is 2.35. The van der Waals surface area contributed by atoms with Gasteiger partial charge in [0.2, 0.25) is 5.91 Å². The highest BCUT2D eigenvalue weighted by molar-refractivity contribution is 7.12. The number of hydrogen-bond acceptors (Lipinski definition) is 4. The van der Waals surface area contributed by atoms with E-state index in [1.54, 1.807) is 16.8 Å². The number of rotatable bonds is 2. The number of hydrogen-bond donors (Lipinski definition) is 1. The van der Waals surface area contributed by atoms with E-state index in [1.807, 2.05) is 24.4 Å². The summed E-state index contributed by atoms with van der Waals surface area (Å²) < 4.78 is 0. The van der Waals surface area contributed by atoms with Crippen LogP contribution < -0.4 is 5.32 Å². The number of thiazole rings is 1. The summed E-state index contributed by atoms with van der Waals surface area (Å²) in [6.45, 7) is 1.49. The molecule has 1 aromatic heterocycles. The molecule has 0 atom stereocenters. The van der Waals surface area contributed by atoms with Gasteiger partial charge in [0.25, 0.3) is 0 Å². The number of nitrogens with zero attached hydrogens (tertiary/aromatic N) is 2. The minimum atomic E-state index is -0.0732. The second-order valence-corrected chi connectivity index (χ2v) is 4.63. The lowest BCUT2D eigenvalue weighted by molar-refractivity contribution is -0.114. The quantitative estimate of drug-likeness (QED) is 0.768. The van der Waals surface area contributed by atoms with Crippen LogP contribution in [0, 0.1) is 0 Å².